The number of nitrogens with zero attached hydrogens (tertiary/aromatic N) is 5. The Morgan fingerprint density at radius 1 is 1.38 bits per heavy atom. The van der Waals surface area contributed by atoms with Gasteiger partial charge in [-0.15, -0.1) is 5.10 Å². The van der Waals surface area contributed by atoms with Crippen molar-refractivity contribution in [1.82, 2.24) is 25.0 Å². The van der Waals surface area contributed by atoms with Crippen LogP contribution in [-0.4, -0.2) is 31.5 Å². The van der Waals surface area contributed by atoms with Crippen LogP contribution in [-0.2, 0) is 6.54 Å². The van der Waals surface area contributed by atoms with E-state index in [0.717, 1.165) is 25.3 Å². The first-order valence-electron chi connectivity index (χ1n) is 4.90. The molecule has 0 aliphatic carbocycles. The van der Waals surface area contributed by atoms with Crippen LogP contribution in [0.5, 0.6) is 0 Å². The maximum absolute atomic E-state index is 5.73. The molecule has 6 nitrogen and oxygen atoms in total. The molecule has 0 bridgehead atoms. The zero-order chi connectivity index (χ0) is 11.2. The molecule has 0 unspecified atom stereocenters. The molecule has 0 radical (unpaired) electrons. The Morgan fingerprint density at radius 3 is 3.06 bits per heavy atom. The quantitative estimate of drug-likeness (QED) is 0.627. The number of nitrogens with one attached hydrogen (secondary N) is 1. The molecule has 0 saturated carbocycles. The van der Waals surface area contributed by atoms with Crippen LogP contribution in [0.25, 0.3) is 0 Å². The van der Waals surface area contributed by atoms with E-state index in [1.54, 1.807) is 16.9 Å². The molecule has 7 heteroatoms. The van der Waals surface area contributed by atoms with Crippen molar-refractivity contribution in [3.8, 4) is 0 Å². The third kappa shape index (κ3) is 3.16. The predicted molar refractivity (Wildman–Crippen MR) is 60.2 cm³/mol. The molecule has 0 saturated heterocycles. The molecule has 0 aliphatic rings. The molecule has 0 spiro atoms. The fourth-order valence-corrected chi connectivity index (χ4v) is 1.39. The Morgan fingerprint density at radius 2 is 2.31 bits per heavy atom. The Balaban J connectivity index is 1.72. The van der Waals surface area contributed by atoms with Crippen LogP contribution in [0.15, 0.2) is 24.8 Å². The van der Waals surface area contributed by atoms with Crippen molar-refractivity contribution in [1.29, 1.82) is 0 Å². The highest BCUT2D eigenvalue weighted by Gasteiger charge is 1.96. The molecule has 0 atom stereocenters. The normalized spacial score (nSPS) is 10.3. The lowest BCUT2D eigenvalue weighted by Crippen LogP contribution is -2.08. The molecule has 2 aromatic heterocycles. The van der Waals surface area contributed by atoms with Gasteiger partial charge >= 0.3 is 0 Å². The van der Waals surface area contributed by atoms with Crippen molar-refractivity contribution in [2.75, 3.05) is 11.9 Å². The second-order valence-corrected chi connectivity index (χ2v) is 3.56. The Hall–Kier alpha value is -1.69. The Labute approximate surface area is 97.7 Å². The van der Waals surface area contributed by atoms with E-state index in [1.807, 2.05) is 6.20 Å². The molecule has 1 N–H and O–H groups in total. The highest BCUT2D eigenvalue weighted by Crippen LogP contribution is 2.08. The van der Waals surface area contributed by atoms with Crippen LogP contribution >= 0.6 is 11.6 Å². The van der Waals surface area contributed by atoms with E-state index in [4.69, 9.17) is 11.6 Å². The SMILES string of the molecule is Clc1cc(NCCCn2ccnn2)ncn1. The van der Waals surface area contributed by atoms with E-state index in [1.165, 1.54) is 6.33 Å². The molecule has 2 heterocycles. The van der Waals surface area contributed by atoms with Crippen LogP contribution in [0.3, 0.4) is 0 Å². The first-order valence-corrected chi connectivity index (χ1v) is 5.28. The molecular formula is C9H11ClN6. The standard InChI is InChI=1S/C9H11ClN6/c10-8-6-9(13-7-12-8)11-2-1-4-16-5-3-14-15-16/h3,5-7H,1-2,4H2,(H,11,12,13). The first kappa shape index (κ1) is 10.8. The van der Waals surface area contributed by atoms with E-state index < -0.39 is 0 Å². The lowest BCUT2D eigenvalue weighted by molar-refractivity contribution is 0.569. The Kier molecular flexibility index (Phi) is 3.66. The van der Waals surface area contributed by atoms with Crippen LogP contribution in [0, 0.1) is 0 Å². The van der Waals surface area contributed by atoms with Crippen LogP contribution in [0.1, 0.15) is 6.42 Å². The number of hydrogen-bond acceptors (Lipinski definition) is 5. The summed E-state index contributed by atoms with van der Waals surface area (Å²) in [5.41, 5.74) is 0. The zero-order valence-corrected chi connectivity index (χ0v) is 9.30. The summed E-state index contributed by atoms with van der Waals surface area (Å²) in [5, 5.41) is 11.2. The maximum Gasteiger partial charge on any atom is 0.134 e. The minimum Gasteiger partial charge on any atom is -0.370 e. The molecule has 2 rings (SSSR count). The molecule has 2 aromatic rings. The van der Waals surface area contributed by atoms with Crippen molar-refractivity contribution in [3.05, 3.63) is 29.9 Å². The summed E-state index contributed by atoms with van der Waals surface area (Å²) in [6.45, 7) is 1.62. The Bertz CT molecular complexity index is 429. The molecule has 0 amide bonds. The van der Waals surface area contributed by atoms with Gasteiger partial charge in [-0.05, 0) is 6.42 Å². The van der Waals surface area contributed by atoms with E-state index in [9.17, 15) is 0 Å². The largest absolute Gasteiger partial charge is 0.370 e. The number of hydrogen-bond donors (Lipinski definition) is 1. The van der Waals surface area contributed by atoms with Gasteiger partial charge in [0.1, 0.15) is 17.3 Å². The summed E-state index contributed by atoms with van der Waals surface area (Å²) in [5.74, 6) is 0.735. The average molecular weight is 239 g/mol. The summed E-state index contributed by atoms with van der Waals surface area (Å²) in [7, 11) is 0. The van der Waals surface area contributed by atoms with Crippen molar-refractivity contribution in [2.24, 2.45) is 0 Å². The lowest BCUT2D eigenvalue weighted by Gasteiger charge is -2.04. The highest BCUT2D eigenvalue weighted by molar-refractivity contribution is 6.29. The second kappa shape index (κ2) is 5.41. The van der Waals surface area contributed by atoms with Gasteiger partial charge in [-0.2, -0.15) is 0 Å². The summed E-state index contributed by atoms with van der Waals surface area (Å²) >= 11 is 5.73. The topological polar surface area (TPSA) is 68.5 Å². The third-order valence-corrected chi connectivity index (χ3v) is 2.18. The predicted octanol–water partition coefficient (Wildman–Crippen LogP) is 1.22. The molecule has 0 fully saturated rings. The highest BCUT2D eigenvalue weighted by atomic mass is 35.5. The van der Waals surface area contributed by atoms with E-state index >= 15 is 0 Å². The zero-order valence-electron chi connectivity index (χ0n) is 8.54. The summed E-state index contributed by atoms with van der Waals surface area (Å²) < 4.78 is 1.79. The van der Waals surface area contributed by atoms with Gasteiger partial charge in [0.2, 0.25) is 0 Å². The summed E-state index contributed by atoms with van der Waals surface area (Å²) in [6.07, 6.45) is 5.87. The number of halogens is 1. The van der Waals surface area contributed by atoms with Gasteiger partial charge in [0, 0.05) is 25.4 Å². The lowest BCUT2D eigenvalue weighted by atomic mass is 10.4. The van der Waals surface area contributed by atoms with Gasteiger partial charge in [0.25, 0.3) is 0 Å². The van der Waals surface area contributed by atoms with Crippen molar-refractivity contribution in [3.63, 3.8) is 0 Å². The van der Waals surface area contributed by atoms with Gasteiger partial charge in [-0.3, -0.25) is 4.68 Å². The van der Waals surface area contributed by atoms with Gasteiger partial charge in [-0.1, -0.05) is 16.8 Å². The number of aromatic nitrogens is 5. The molecule has 0 aliphatic heterocycles. The second-order valence-electron chi connectivity index (χ2n) is 3.17. The van der Waals surface area contributed by atoms with Gasteiger partial charge in [-0.25, -0.2) is 9.97 Å². The average Bonchev–Trinajstić information content (AvgIpc) is 2.77. The number of anilines is 1. The van der Waals surface area contributed by atoms with Crippen molar-refractivity contribution in [2.45, 2.75) is 13.0 Å². The minimum atomic E-state index is 0.439. The van der Waals surface area contributed by atoms with Crippen LogP contribution in [0.2, 0.25) is 5.15 Å². The van der Waals surface area contributed by atoms with Crippen molar-refractivity contribution >= 4 is 17.4 Å². The fourth-order valence-electron chi connectivity index (χ4n) is 1.24. The van der Waals surface area contributed by atoms with E-state index in [-0.39, 0.29) is 0 Å². The van der Waals surface area contributed by atoms with E-state index in [0.29, 0.717) is 5.15 Å². The van der Waals surface area contributed by atoms with E-state index in [2.05, 4.69) is 25.6 Å². The minimum absolute atomic E-state index is 0.439. The monoisotopic (exact) mass is 238 g/mol. The number of rotatable bonds is 5. The molecule has 16 heavy (non-hydrogen) atoms. The van der Waals surface area contributed by atoms with Gasteiger partial charge in [0.15, 0.2) is 0 Å². The molecular weight excluding hydrogens is 228 g/mol. The van der Waals surface area contributed by atoms with Crippen LogP contribution in [0.4, 0.5) is 5.82 Å². The molecule has 0 aromatic carbocycles. The first-order chi connectivity index (χ1) is 7.84. The van der Waals surface area contributed by atoms with Gasteiger partial charge in [0.05, 0.1) is 6.20 Å². The summed E-state index contributed by atoms with van der Waals surface area (Å²) in [4.78, 5) is 7.83. The molecule has 84 valence electrons. The van der Waals surface area contributed by atoms with Gasteiger partial charge < -0.3 is 5.32 Å². The summed E-state index contributed by atoms with van der Waals surface area (Å²) in [6, 6.07) is 1.69. The van der Waals surface area contributed by atoms with Crippen LogP contribution < -0.4 is 5.32 Å². The number of aryl methyl sites for hydroxylation is 1. The fraction of sp³-hybridized carbons (Fsp3) is 0.333. The third-order valence-electron chi connectivity index (χ3n) is 1.98. The smallest absolute Gasteiger partial charge is 0.134 e. The maximum atomic E-state index is 5.73. The van der Waals surface area contributed by atoms with Crippen molar-refractivity contribution < 1.29 is 0 Å².